The SMILES string of the molecule is CC(C)C(O)CNCc1csc(-c2cccs2)n1. The summed E-state index contributed by atoms with van der Waals surface area (Å²) in [5.74, 6) is 0.287. The van der Waals surface area contributed by atoms with Gasteiger partial charge in [-0.1, -0.05) is 19.9 Å². The average Bonchev–Trinajstić information content (AvgIpc) is 2.98. The molecule has 2 aromatic heterocycles. The largest absolute Gasteiger partial charge is 0.392 e. The summed E-state index contributed by atoms with van der Waals surface area (Å²) in [6.45, 7) is 5.36. The van der Waals surface area contributed by atoms with Gasteiger partial charge in [-0.15, -0.1) is 22.7 Å². The van der Waals surface area contributed by atoms with Crippen LogP contribution < -0.4 is 5.32 Å². The molecule has 0 saturated heterocycles. The minimum atomic E-state index is -0.291. The van der Waals surface area contributed by atoms with E-state index in [1.807, 2.05) is 19.9 Å². The van der Waals surface area contributed by atoms with Crippen LogP contribution in [0.3, 0.4) is 0 Å². The monoisotopic (exact) mass is 282 g/mol. The first-order valence-electron chi connectivity index (χ1n) is 6.04. The molecule has 2 aromatic rings. The van der Waals surface area contributed by atoms with E-state index in [1.165, 1.54) is 4.88 Å². The molecule has 0 aliphatic heterocycles. The highest BCUT2D eigenvalue weighted by molar-refractivity contribution is 7.20. The lowest BCUT2D eigenvalue weighted by molar-refractivity contribution is 0.123. The van der Waals surface area contributed by atoms with E-state index in [1.54, 1.807) is 22.7 Å². The highest BCUT2D eigenvalue weighted by Crippen LogP contribution is 2.27. The van der Waals surface area contributed by atoms with Crippen LogP contribution in [0, 0.1) is 5.92 Å². The third kappa shape index (κ3) is 3.62. The lowest BCUT2D eigenvalue weighted by Gasteiger charge is -2.14. The first-order valence-corrected chi connectivity index (χ1v) is 7.80. The fourth-order valence-corrected chi connectivity index (χ4v) is 3.12. The third-order valence-electron chi connectivity index (χ3n) is 2.71. The molecule has 5 heteroatoms. The summed E-state index contributed by atoms with van der Waals surface area (Å²) in [6, 6.07) is 4.13. The Hall–Kier alpha value is -0.750. The minimum absolute atomic E-state index is 0.287. The van der Waals surface area contributed by atoms with E-state index in [0.29, 0.717) is 13.1 Å². The van der Waals surface area contributed by atoms with E-state index in [2.05, 4.69) is 27.1 Å². The second kappa shape index (κ2) is 6.43. The number of aromatic nitrogens is 1. The van der Waals surface area contributed by atoms with Crippen LogP contribution >= 0.6 is 22.7 Å². The first-order chi connectivity index (χ1) is 8.66. The Balaban J connectivity index is 1.84. The molecule has 0 bridgehead atoms. The lowest BCUT2D eigenvalue weighted by Crippen LogP contribution is -2.30. The molecule has 0 saturated carbocycles. The predicted octanol–water partition coefficient (Wildman–Crippen LogP) is 2.98. The third-order valence-corrected chi connectivity index (χ3v) is 4.64. The molecule has 3 nitrogen and oxygen atoms in total. The first kappa shape index (κ1) is 13.7. The van der Waals surface area contributed by atoms with Crippen LogP contribution in [0.1, 0.15) is 19.5 Å². The van der Waals surface area contributed by atoms with E-state index < -0.39 is 0 Å². The maximum absolute atomic E-state index is 9.68. The molecule has 1 atom stereocenters. The van der Waals surface area contributed by atoms with Crippen molar-refractivity contribution in [3.63, 3.8) is 0 Å². The maximum atomic E-state index is 9.68. The Bertz CT molecular complexity index is 465. The number of nitrogens with one attached hydrogen (secondary N) is 1. The van der Waals surface area contributed by atoms with E-state index in [9.17, 15) is 5.11 Å². The summed E-state index contributed by atoms with van der Waals surface area (Å²) in [6.07, 6.45) is -0.291. The van der Waals surface area contributed by atoms with Crippen LogP contribution in [0.5, 0.6) is 0 Å². The highest BCUT2D eigenvalue weighted by atomic mass is 32.1. The normalized spacial score (nSPS) is 13.1. The van der Waals surface area contributed by atoms with E-state index in [0.717, 1.165) is 10.7 Å². The topological polar surface area (TPSA) is 45.1 Å². The molecule has 0 aliphatic rings. The van der Waals surface area contributed by atoms with Gasteiger partial charge < -0.3 is 10.4 Å². The standard InChI is InChI=1S/C13H18N2OS2/c1-9(2)11(16)7-14-6-10-8-18-13(15-10)12-4-3-5-17-12/h3-5,8-9,11,14,16H,6-7H2,1-2H3. The summed E-state index contributed by atoms with van der Waals surface area (Å²) in [5.41, 5.74) is 1.04. The smallest absolute Gasteiger partial charge is 0.133 e. The summed E-state index contributed by atoms with van der Waals surface area (Å²) in [4.78, 5) is 5.80. The highest BCUT2D eigenvalue weighted by Gasteiger charge is 2.09. The van der Waals surface area contributed by atoms with Crippen molar-refractivity contribution in [2.45, 2.75) is 26.5 Å². The zero-order valence-corrected chi connectivity index (χ0v) is 12.2. The van der Waals surface area contributed by atoms with Crippen molar-refractivity contribution in [2.75, 3.05) is 6.54 Å². The molecule has 2 N–H and O–H groups in total. The van der Waals surface area contributed by atoms with E-state index in [4.69, 9.17) is 0 Å². The number of hydrogen-bond donors (Lipinski definition) is 2. The summed E-state index contributed by atoms with van der Waals surface area (Å²) in [5, 5.41) is 18.1. The van der Waals surface area contributed by atoms with Gasteiger partial charge in [0.15, 0.2) is 0 Å². The number of thiazole rings is 1. The predicted molar refractivity (Wildman–Crippen MR) is 78.0 cm³/mol. The van der Waals surface area contributed by atoms with Crippen molar-refractivity contribution in [3.8, 4) is 9.88 Å². The van der Waals surface area contributed by atoms with Crippen LogP contribution in [-0.4, -0.2) is 22.7 Å². The van der Waals surface area contributed by atoms with Crippen molar-refractivity contribution in [1.82, 2.24) is 10.3 Å². The van der Waals surface area contributed by atoms with Crippen molar-refractivity contribution < 1.29 is 5.11 Å². The van der Waals surface area contributed by atoms with Crippen LogP contribution in [-0.2, 0) is 6.54 Å². The second-order valence-corrected chi connectivity index (χ2v) is 6.37. The van der Waals surface area contributed by atoms with Crippen LogP contribution in [0.25, 0.3) is 9.88 Å². The van der Waals surface area contributed by atoms with Gasteiger partial charge >= 0.3 is 0 Å². The van der Waals surface area contributed by atoms with Crippen LogP contribution in [0.2, 0.25) is 0 Å². The number of aliphatic hydroxyl groups excluding tert-OH is 1. The van der Waals surface area contributed by atoms with E-state index in [-0.39, 0.29) is 12.0 Å². The Labute approximate surface area is 116 Å². The van der Waals surface area contributed by atoms with Gasteiger partial charge in [-0.3, -0.25) is 0 Å². The number of rotatable bonds is 6. The van der Waals surface area contributed by atoms with Gasteiger partial charge in [0.1, 0.15) is 5.01 Å². The molecule has 0 aromatic carbocycles. The molecule has 0 fully saturated rings. The molecule has 98 valence electrons. The lowest BCUT2D eigenvalue weighted by atomic mass is 10.1. The quantitative estimate of drug-likeness (QED) is 0.856. The van der Waals surface area contributed by atoms with Crippen molar-refractivity contribution in [2.24, 2.45) is 5.92 Å². The van der Waals surface area contributed by atoms with Crippen LogP contribution in [0.15, 0.2) is 22.9 Å². The number of aliphatic hydroxyl groups is 1. The molecule has 18 heavy (non-hydrogen) atoms. The Morgan fingerprint density at radius 1 is 1.39 bits per heavy atom. The Morgan fingerprint density at radius 2 is 2.22 bits per heavy atom. The van der Waals surface area contributed by atoms with Gasteiger partial charge in [-0.2, -0.15) is 0 Å². The molecule has 0 radical (unpaired) electrons. The average molecular weight is 282 g/mol. The molecule has 2 rings (SSSR count). The van der Waals surface area contributed by atoms with Crippen molar-refractivity contribution in [3.05, 3.63) is 28.6 Å². The number of nitrogens with zero attached hydrogens (tertiary/aromatic N) is 1. The fraction of sp³-hybridized carbons (Fsp3) is 0.462. The summed E-state index contributed by atoms with van der Waals surface area (Å²) in [7, 11) is 0. The summed E-state index contributed by atoms with van der Waals surface area (Å²) >= 11 is 3.38. The zero-order chi connectivity index (χ0) is 13.0. The number of hydrogen-bond acceptors (Lipinski definition) is 5. The van der Waals surface area contributed by atoms with Gasteiger partial charge in [0.25, 0.3) is 0 Å². The number of thiophene rings is 1. The van der Waals surface area contributed by atoms with Gasteiger partial charge in [0.2, 0.25) is 0 Å². The fourth-order valence-electron chi connectivity index (χ4n) is 1.49. The zero-order valence-electron chi connectivity index (χ0n) is 10.6. The van der Waals surface area contributed by atoms with E-state index >= 15 is 0 Å². The maximum Gasteiger partial charge on any atom is 0.133 e. The Kier molecular flexibility index (Phi) is 4.88. The molecule has 2 heterocycles. The molecular weight excluding hydrogens is 264 g/mol. The van der Waals surface area contributed by atoms with Crippen molar-refractivity contribution in [1.29, 1.82) is 0 Å². The van der Waals surface area contributed by atoms with Gasteiger partial charge in [0.05, 0.1) is 16.7 Å². The Morgan fingerprint density at radius 3 is 2.89 bits per heavy atom. The molecule has 0 amide bonds. The minimum Gasteiger partial charge on any atom is -0.392 e. The van der Waals surface area contributed by atoms with Gasteiger partial charge in [-0.05, 0) is 17.4 Å². The molecule has 0 spiro atoms. The van der Waals surface area contributed by atoms with Crippen molar-refractivity contribution >= 4 is 22.7 Å². The molecular formula is C13H18N2OS2. The van der Waals surface area contributed by atoms with Crippen LogP contribution in [0.4, 0.5) is 0 Å². The molecule has 1 unspecified atom stereocenters. The summed E-state index contributed by atoms with van der Waals surface area (Å²) < 4.78 is 0. The van der Waals surface area contributed by atoms with Gasteiger partial charge in [0, 0.05) is 18.5 Å². The molecule has 0 aliphatic carbocycles. The second-order valence-electron chi connectivity index (χ2n) is 4.56. The van der Waals surface area contributed by atoms with Gasteiger partial charge in [-0.25, -0.2) is 4.98 Å².